The number of ether oxygens (including phenoxy) is 1. The summed E-state index contributed by atoms with van der Waals surface area (Å²) in [6.45, 7) is 0.716. The summed E-state index contributed by atoms with van der Waals surface area (Å²) in [4.78, 5) is 0. The van der Waals surface area contributed by atoms with Crippen molar-refractivity contribution in [2.75, 3.05) is 6.61 Å². The van der Waals surface area contributed by atoms with Crippen LogP contribution in [0.25, 0.3) is 0 Å². The molecule has 2 nitrogen and oxygen atoms in total. The number of fused-ring (bicyclic) bond motifs is 1. The minimum absolute atomic E-state index is 0.133. The van der Waals surface area contributed by atoms with Gasteiger partial charge in [0.25, 0.3) is 0 Å². The first-order valence-corrected chi connectivity index (χ1v) is 8.52. The van der Waals surface area contributed by atoms with E-state index >= 15 is 0 Å². The second-order valence-electron chi connectivity index (χ2n) is 5.14. The van der Waals surface area contributed by atoms with Gasteiger partial charge in [0.1, 0.15) is 5.75 Å². The number of rotatable bonds is 3. The van der Waals surface area contributed by atoms with Gasteiger partial charge in [0.15, 0.2) is 0 Å². The summed E-state index contributed by atoms with van der Waals surface area (Å²) in [6, 6.07) is 9.72. The third-order valence-corrected chi connectivity index (χ3v) is 5.43. The highest BCUT2D eigenvalue weighted by atomic mass is 127. The van der Waals surface area contributed by atoms with Crippen LogP contribution in [0, 0.1) is 3.57 Å². The molecule has 1 heterocycles. The Hall–Kier alpha value is -0.490. The average Bonchev–Trinajstić information content (AvgIpc) is 2.90. The first-order chi connectivity index (χ1) is 10.0. The minimum atomic E-state index is -0.133. The van der Waals surface area contributed by atoms with Gasteiger partial charge in [0.2, 0.25) is 0 Å². The van der Waals surface area contributed by atoms with E-state index in [2.05, 4.69) is 22.6 Å². The molecule has 3 rings (SSSR count). The Bertz CT molecular complexity index is 690. The molecule has 0 saturated heterocycles. The molecular formula is C16H14Cl2INO. The van der Waals surface area contributed by atoms with Gasteiger partial charge < -0.3 is 10.5 Å². The van der Waals surface area contributed by atoms with Crippen molar-refractivity contribution in [1.29, 1.82) is 0 Å². The highest BCUT2D eigenvalue weighted by Crippen LogP contribution is 2.35. The highest BCUT2D eigenvalue weighted by Gasteiger charge is 2.20. The highest BCUT2D eigenvalue weighted by molar-refractivity contribution is 14.1. The third kappa shape index (κ3) is 3.31. The van der Waals surface area contributed by atoms with E-state index in [-0.39, 0.29) is 6.04 Å². The lowest BCUT2D eigenvalue weighted by molar-refractivity contribution is 0.352. The predicted molar refractivity (Wildman–Crippen MR) is 95.5 cm³/mol. The van der Waals surface area contributed by atoms with Gasteiger partial charge in [-0.1, -0.05) is 29.3 Å². The van der Waals surface area contributed by atoms with Gasteiger partial charge in [-0.05, 0) is 70.0 Å². The molecule has 0 radical (unpaired) electrons. The number of nitrogens with two attached hydrogens (primary N) is 1. The maximum absolute atomic E-state index is 6.33. The van der Waals surface area contributed by atoms with Gasteiger partial charge in [-0.25, -0.2) is 0 Å². The molecule has 0 aliphatic carbocycles. The van der Waals surface area contributed by atoms with Crippen molar-refractivity contribution in [3.63, 3.8) is 0 Å². The zero-order chi connectivity index (χ0) is 15.0. The van der Waals surface area contributed by atoms with E-state index in [9.17, 15) is 0 Å². The Balaban J connectivity index is 1.88. The van der Waals surface area contributed by atoms with Crippen molar-refractivity contribution in [1.82, 2.24) is 0 Å². The van der Waals surface area contributed by atoms with E-state index < -0.39 is 0 Å². The summed E-state index contributed by atoms with van der Waals surface area (Å²) in [7, 11) is 0. The van der Waals surface area contributed by atoms with Crippen LogP contribution >= 0.6 is 45.8 Å². The Morgan fingerprint density at radius 2 is 2.05 bits per heavy atom. The van der Waals surface area contributed by atoms with E-state index in [4.69, 9.17) is 33.7 Å². The van der Waals surface area contributed by atoms with Crippen LogP contribution in [0.1, 0.15) is 22.7 Å². The van der Waals surface area contributed by atoms with Crippen molar-refractivity contribution in [2.24, 2.45) is 5.73 Å². The molecule has 1 aliphatic heterocycles. The average molecular weight is 434 g/mol. The predicted octanol–water partition coefficient (Wildman–Crippen LogP) is 4.78. The number of halogens is 3. The largest absolute Gasteiger partial charge is 0.493 e. The zero-order valence-electron chi connectivity index (χ0n) is 11.2. The molecule has 0 aromatic heterocycles. The number of hydrogen-bond acceptors (Lipinski definition) is 2. The van der Waals surface area contributed by atoms with Crippen molar-refractivity contribution in [3.8, 4) is 5.75 Å². The van der Waals surface area contributed by atoms with Crippen LogP contribution in [0.5, 0.6) is 5.75 Å². The first kappa shape index (κ1) is 15.4. The van der Waals surface area contributed by atoms with Crippen molar-refractivity contribution < 1.29 is 4.74 Å². The van der Waals surface area contributed by atoms with Crippen LogP contribution in [0.3, 0.4) is 0 Å². The Morgan fingerprint density at radius 3 is 2.81 bits per heavy atom. The van der Waals surface area contributed by atoms with Crippen LogP contribution in [-0.2, 0) is 12.8 Å². The lowest BCUT2D eigenvalue weighted by Crippen LogP contribution is -2.14. The SMILES string of the molecule is NC(Cc1cc(Cl)cc2c1OCC2)c1ccc(I)c(Cl)c1. The first-order valence-electron chi connectivity index (χ1n) is 6.69. The summed E-state index contributed by atoms with van der Waals surface area (Å²) >= 11 is 14.6. The monoisotopic (exact) mass is 433 g/mol. The quantitative estimate of drug-likeness (QED) is 0.707. The number of hydrogen-bond donors (Lipinski definition) is 1. The van der Waals surface area contributed by atoms with E-state index in [0.29, 0.717) is 13.0 Å². The fourth-order valence-corrected chi connectivity index (χ4v) is 3.38. The van der Waals surface area contributed by atoms with E-state index in [1.807, 2.05) is 30.3 Å². The van der Waals surface area contributed by atoms with Gasteiger partial charge in [-0.15, -0.1) is 0 Å². The summed E-state index contributed by atoms with van der Waals surface area (Å²) in [6.07, 6.45) is 1.59. The smallest absolute Gasteiger partial charge is 0.125 e. The molecule has 2 N–H and O–H groups in total. The summed E-state index contributed by atoms with van der Waals surface area (Å²) in [5.74, 6) is 0.950. The Morgan fingerprint density at radius 1 is 1.24 bits per heavy atom. The lowest BCUT2D eigenvalue weighted by atomic mass is 9.97. The van der Waals surface area contributed by atoms with Crippen LogP contribution in [0.15, 0.2) is 30.3 Å². The molecule has 0 saturated carbocycles. The molecule has 2 aromatic rings. The Labute approximate surface area is 147 Å². The second kappa shape index (κ2) is 6.32. The number of benzene rings is 2. The zero-order valence-corrected chi connectivity index (χ0v) is 14.9. The van der Waals surface area contributed by atoms with Crippen LogP contribution < -0.4 is 10.5 Å². The topological polar surface area (TPSA) is 35.2 Å². The molecule has 21 heavy (non-hydrogen) atoms. The maximum atomic E-state index is 6.33. The van der Waals surface area contributed by atoms with Crippen molar-refractivity contribution in [2.45, 2.75) is 18.9 Å². The fourth-order valence-electron chi connectivity index (χ4n) is 2.60. The molecule has 2 aromatic carbocycles. The molecular weight excluding hydrogens is 420 g/mol. The molecule has 0 spiro atoms. The van der Waals surface area contributed by atoms with Gasteiger partial charge in [-0.2, -0.15) is 0 Å². The molecule has 0 amide bonds. The summed E-state index contributed by atoms with van der Waals surface area (Å²) < 4.78 is 6.75. The van der Waals surface area contributed by atoms with Crippen LogP contribution in [0.4, 0.5) is 0 Å². The van der Waals surface area contributed by atoms with Crippen molar-refractivity contribution >= 4 is 45.8 Å². The molecule has 1 unspecified atom stereocenters. The second-order valence-corrected chi connectivity index (χ2v) is 7.14. The Kier molecular flexibility index (Phi) is 4.64. The summed E-state index contributed by atoms with van der Waals surface area (Å²) in [5.41, 5.74) is 9.59. The van der Waals surface area contributed by atoms with Gasteiger partial charge >= 0.3 is 0 Å². The fraction of sp³-hybridized carbons (Fsp3) is 0.250. The minimum Gasteiger partial charge on any atom is -0.493 e. The van der Waals surface area contributed by atoms with Gasteiger partial charge in [-0.3, -0.25) is 0 Å². The van der Waals surface area contributed by atoms with Crippen LogP contribution in [0.2, 0.25) is 10.0 Å². The van der Waals surface area contributed by atoms with E-state index in [0.717, 1.165) is 36.9 Å². The maximum Gasteiger partial charge on any atom is 0.125 e. The molecule has 1 aliphatic rings. The van der Waals surface area contributed by atoms with Gasteiger partial charge in [0.05, 0.1) is 11.6 Å². The normalized spacial score (nSPS) is 14.7. The molecule has 0 bridgehead atoms. The van der Waals surface area contributed by atoms with E-state index in [1.54, 1.807) is 0 Å². The summed E-state index contributed by atoms with van der Waals surface area (Å²) in [5, 5.41) is 1.47. The van der Waals surface area contributed by atoms with Gasteiger partial charge in [0, 0.05) is 21.1 Å². The standard InChI is InChI=1S/C16H14Cl2INO/c17-12-5-10-3-4-21-16(10)11(6-12)8-15(20)9-1-2-14(19)13(18)7-9/h1-2,5-7,15H,3-4,8,20H2. The van der Waals surface area contributed by atoms with E-state index in [1.165, 1.54) is 5.56 Å². The molecule has 110 valence electrons. The molecule has 5 heteroatoms. The molecule has 1 atom stereocenters. The molecule has 0 fully saturated rings. The lowest BCUT2D eigenvalue weighted by Gasteiger charge is -2.15. The van der Waals surface area contributed by atoms with Crippen LogP contribution in [-0.4, -0.2) is 6.61 Å². The third-order valence-electron chi connectivity index (χ3n) is 3.64. The van der Waals surface area contributed by atoms with Crippen molar-refractivity contribution in [3.05, 3.63) is 60.6 Å².